The molecule has 3 rings (SSSR count). The summed E-state index contributed by atoms with van der Waals surface area (Å²) in [6.45, 7) is 2.31. The van der Waals surface area contributed by atoms with Crippen LogP contribution in [-0.2, 0) is 0 Å². The Balaban J connectivity index is 1.62. The first-order chi connectivity index (χ1) is 11.2. The van der Waals surface area contributed by atoms with Gasteiger partial charge in [-0.15, -0.1) is 0 Å². The molecule has 0 fully saturated rings. The number of anilines is 1. The van der Waals surface area contributed by atoms with E-state index in [0.717, 1.165) is 16.8 Å². The number of hydrogen-bond donors (Lipinski definition) is 1. The van der Waals surface area contributed by atoms with Crippen LogP contribution in [0.3, 0.4) is 0 Å². The fourth-order valence-electron chi connectivity index (χ4n) is 2.43. The van der Waals surface area contributed by atoms with Crippen LogP contribution in [0.5, 0.6) is 0 Å². The summed E-state index contributed by atoms with van der Waals surface area (Å²) in [5.41, 5.74) is 5.20. The van der Waals surface area contributed by atoms with Crippen molar-refractivity contribution in [1.82, 2.24) is 0 Å². The number of carbonyl (C=O) groups excluding carboxylic acids is 1. The molecular formula is C21H19NO. The Morgan fingerprint density at radius 1 is 0.783 bits per heavy atom. The molecule has 0 saturated heterocycles. The van der Waals surface area contributed by atoms with Crippen LogP contribution in [0.2, 0.25) is 0 Å². The van der Waals surface area contributed by atoms with Crippen molar-refractivity contribution in [2.75, 3.05) is 11.9 Å². The van der Waals surface area contributed by atoms with Gasteiger partial charge < -0.3 is 5.32 Å². The lowest BCUT2D eigenvalue weighted by atomic mass is 10.1. The maximum Gasteiger partial charge on any atom is 0.181 e. The molecule has 0 unspecified atom stereocenters. The number of rotatable bonds is 5. The van der Waals surface area contributed by atoms with E-state index in [4.69, 9.17) is 0 Å². The number of benzene rings is 3. The molecule has 114 valence electrons. The molecule has 0 aliphatic carbocycles. The van der Waals surface area contributed by atoms with Crippen LogP contribution in [0, 0.1) is 6.92 Å². The van der Waals surface area contributed by atoms with Gasteiger partial charge in [0.15, 0.2) is 5.78 Å². The van der Waals surface area contributed by atoms with Gasteiger partial charge >= 0.3 is 0 Å². The van der Waals surface area contributed by atoms with E-state index in [2.05, 4.69) is 29.6 Å². The normalized spacial score (nSPS) is 10.3. The molecule has 23 heavy (non-hydrogen) atoms. The Labute approximate surface area is 136 Å². The highest BCUT2D eigenvalue weighted by Gasteiger charge is 2.05. The summed E-state index contributed by atoms with van der Waals surface area (Å²) in [4.78, 5) is 12.2. The second-order valence-electron chi connectivity index (χ2n) is 5.59. The third kappa shape index (κ3) is 3.86. The Kier molecular flexibility index (Phi) is 4.53. The van der Waals surface area contributed by atoms with Crippen molar-refractivity contribution in [3.05, 3.63) is 90.0 Å². The van der Waals surface area contributed by atoms with Crippen molar-refractivity contribution in [1.29, 1.82) is 0 Å². The predicted octanol–water partition coefficient (Wildman–Crippen LogP) is 4.96. The van der Waals surface area contributed by atoms with Crippen LogP contribution >= 0.6 is 0 Å². The molecule has 0 heterocycles. The lowest BCUT2D eigenvalue weighted by Crippen LogP contribution is -2.13. The number of Topliss-reactive ketones (excluding diaryl/α,β-unsaturated/α-hetero) is 1. The second kappa shape index (κ2) is 6.93. The minimum Gasteiger partial charge on any atom is -0.378 e. The van der Waals surface area contributed by atoms with Gasteiger partial charge in [-0.25, -0.2) is 0 Å². The van der Waals surface area contributed by atoms with E-state index >= 15 is 0 Å². The quantitative estimate of drug-likeness (QED) is 0.675. The Morgan fingerprint density at radius 3 is 2.04 bits per heavy atom. The van der Waals surface area contributed by atoms with Crippen LogP contribution in [0.4, 0.5) is 5.69 Å². The highest BCUT2D eigenvalue weighted by molar-refractivity contribution is 5.99. The van der Waals surface area contributed by atoms with Crippen LogP contribution in [0.1, 0.15) is 15.9 Å². The Morgan fingerprint density at radius 2 is 1.39 bits per heavy atom. The summed E-state index contributed by atoms with van der Waals surface area (Å²) >= 11 is 0. The SMILES string of the molecule is Cc1ccc(C(=O)CNc2ccc(-c3ccccc3)cc2)cc1. The molecule has 0 saturated carbocycles. The molecule has 0 spiro atoms. The van der Waals surface area contributed by atoms with Crippen molar-refractivity contribution < 1.29 is 4.79 Å². The lowest BCUT2D eigenvalue weighted by Gasteiger charge is -2.08. The van der Waals surface area contributed by atoms with Crippen molar-refractivity contribution in [2.24, 2.45) is 0 Å². The van der Waals surface area contributed by atoms with Gasteiger partial charge in [0.25, 0.3) is 0 Å². The van der Waals surface area contributed by atoms with Crippen molar-refractivity contribution in [3.63, 3.8) is 0 Å². The van der Waals surface area contributed by atoms with Gasteiger partial charge in [-0.05, 0) is 30.2 Å². The summed E-state index contributed by atoms with van der Waals surface area (Å²) in [7, 11) is 0. The second-order valence-corrected chi connectivity index (χ2v) is 5.59. The minimum atomic E-state index is 0.0946. The first-order valence-corrected chi connectivity index (χ1v) is 7.71. The molecule has 0 bridgehead atoms. The molecule has 0 aliphatic rings. The molecule has 2 heteroatoms. The zero-order valence-electron chi connectivity index (χ0n) is 13.1. The largest absolute Gasteiger partial charge is 0.378 e. The molecule has 0 aromatic heterocycles. The standard InChI is InChI=1S/C21H19NO/c1-16-7-9-19(10-8-16)21(23)15-22-20-13-11-18(12-14-20)17-5-3-2-4-6-17/h2-14,22H,15H2,1H3. The summed E-state index contributed by atoms with van der Waals surface area (Å²) in [6, 6.07) is 26.0. The minimum absolute atomic E-state index is 0.0946. The molecule has 0 atom stereocenters. The predicted molar refractivity (Wildman–Crippen MR) is 95.9 cm³/mol. The van der Waals surface area contributed by atoms with E-state index in [-0.39, 0.29) is 5.78 Å². The first kappa shape index (κ1) is 15.0. The number of carbonyl (C=O) groups is 1. The number of nitrogens with one attached hydrogen (secondary N) is 1. The van der Waals surface area contributed by atoms with E-state index in [1.807, 2.05) is 61.5 Å². The topological polar surface area (TPSA) is 29.1 Å². The van der Waals surface area contributed by atoms with Gasteiger partial charge in [-0.1, -0.05) is 72.3 Å². The van der Waals surface area contributed by atoms with Crippen LogP contribution in [-0.4, -0.2) is 12.3 Å². The maximum atomic E-state index is 12.2. The van der Waals surface area contributed by atoms with Gasteiger partial charge in [-0.3, -0.25) is 4.79 Å². The molecule has 1 N–H and O–H groups in total. The molecule has 0 radical (unpaired) electrons. The summed E-state index contributed by atoms with van der Waals surface area (Å²) in [6.07, 6.45) is 0. The highest BCUT2D eigenvalue weighted by Crippen LogP contribution is 2.21. The smallest absolute Gasteiger partial charge is 0.181 e. The lowest BCUT2D eigenvalue weighted by molar-refractivity contribution is 0.101. The summed E-state index contributed by atoms with van der Waals surface area (Å²) in [5.74, 6) is 0.0946. The fourth-order valence-corrected chi connectivity index (χ4v) is 2.43. The zero-order valence-corrected chi connectivity index (χ0v) is 13.1. The molecule has 2 nitrogen and oxygen atoms in total. The number of ketones is 1. The number of hydrogen-bond acceptors (Lipinski definition) is 2. The van der Waals surface area contributed by atoms with E-state index in [1.165, 1.54) is 11.1 Å². The Hall–Kier alpha value is -2.87. The van der Waals surface area contributed by atoms with E-state index in [1.54, 1.807) is 0 Å². The maximum absolute atomic E-state index is 12.2. The third-order valence-electron chi connectivity index (χ3n) is 3.82. The fraction of sp³-hybridized carbons (Fsp3) is 0.0952. The average molecular weight is 301 g/mol. The van der Waals surface area contributed by atoms with E-state index in [9.17, 15) is 4.79 Å². The van der Waals surface area contributed by atoms with Gasteiger partial charge in [0, 0.05) is 11.3 Å². The van der Waals surface area contributed by atoms with Crippen molar-refractivity contribution in [3.8, 4) is 11.1 Å². The number of aryl methyl sites for hydroxylation is 1. The van der Waals surface area contributed by atoms with Gasteiger partial charge in [0.1, 0.15) is 0 Å². The van der Waals surface area contributed by atoms with E-state index < -0.39 is 0 Å². The van der Waals surface area contributed by atoms with E-state index in [0.29, 0.717) is 6.54 Å². The third-order valence-corrected chi connectivity index (χ3v) is 3.82. The molecular weight excluding hydrogens is 282 g/mol. The van der Waals surface area contributed by atoms with Crippen LogP contribution in [0.25, 0.3) is 11.1 Å². The molecule has 3 aromatic rings. The highest BCUT2D eigenvalue weighted by atomic mass is 16.1. The zero-order chi connectivity index (χ0) is 16.1. The Bertz CT molecular complexity index is 774. The molecule has 3 aromatic carbocycles. The average Bonchev–Trinajstić information content (AvgIpc) is 2.61. The van der Waals surface area contributed by atoms with Gasteiger partial charge in [0.2, 0.25) is 0 Å². The van der Waals surface area contributed by atoms with Crippen molar-refractivity contribution in [2.45, 2.75) is 6.92 Å². The van der Waals surface area contributed by atoms with Gasteiger partial charge in [0.05, 0.1) is 6.54 Å². The van der Waals surface area contributed by atoms with Gasteiger partial charge in [-0.2, -0.15) is 0 Å². The molecule has 0 amide bonds. The summed E-state index contributed by atoms with van der Waals surface area (Å²) < 4.78 is 0. The van der Waals surface area contributed by atoms with Crippen LogP contribution in [0.15, 0.2) is 78.9 Å². The molecule has 0 aliphatic heterocycles. The summed E-state index contributed by atoms with van der Waals surface area (Å²) in [5, 5.41) is 3.19. The van der Waals surface area contributed by atoms with Crippen LogP contribution < -0.4 is 5.32 Å². The monoisotopic (exact) mass is 301 g/mol. The first-order valence-electron chi connectivity index (χ1n) is 7.71. The van der Waals surface area contributed by atoms with Crippen molar-refractivity contribution >= 4 is 11.5 Å².